The van der Waals surface area contributed by atoms with Crippen LogP contribution in [0.1, 0.15) is 29.4 Å². The molecule has 0 aromatic carbocycles. The summed E-state index contributed by atoms with van der Waals surface area (Å²) in [6, 6.07) is 0. The van der Waals surface area contributed by atoms with Gasteiger partial charge in [-0.15, -0.1) is 0 Å². The molecule has 0 aliphatic heterocycles. The van der Waals surface area contributed by atoms with Gasteiger partial charge in [-0.1, -0.05) is 0 Å². The number of hydrogen-bond donors (Lipinski definition) is 0. The maximum Gasteiger partial charge on any atom is 0.360 e. The molecule has 0 saturated heterocycles. The van der Waals surface area contributed by atoms with Crippen molar-refractivity contribution < 1.29 is 27.6 Å². The quantitative estimate of drug-likeness (QED) is 0.473. The molecule has 9 heteroatoms. The van der Waals surface area contributed by atoms with E-state index in [0.717, 1.165) is 0 Å². The average Bonchev–Trinajstić information content (AvgIpc) is 2.27. The van der Waals surface area contributed by atoms with Crippen LogP contribution in [0.3, 0.4) is 0 Å². The second-order valence-corrected chi connectivity index (χ2v) is 3.00. The van der Waals surface area contributed by atoms with Crippen LogP contribution >= 0.6 is 0 Å². The van der Waals surface area contributed by atoms with Gasteiger partial charge in [0.1, 0.15) is 5.56 Å². The van der Waals surface area contributed by atoms with Crippen molar-refractivity contribution in [1.29, 1.82) is 0 Å². The minimum absolute atomic E-state index is 0.107. The zero-order valence-corrected chi connectivity index (χ0v) is 9.02. The molecule has 0 fully saturated rings. The average molecular weight is 264 g/mol. The van der Waals surface area contributed by atoms with E-state index in [0.29, 0.717) is 6.20 Å². The summed E-state index contributed by atoms with van der Waals surface area (Å²) in [4.78, 5) is 23.5. The molecule has 0 aliphatic rings. The van der Waals surface area contributed by atoms with Crippen LogP contribution in [-0.4, -0.2) is 22.5 Å². The molecule has 18 heavy (non-hydrogen) atoms. The van der Waals surface area contributed by atoms with Crippen molar-refractivity contribution >= 4 is 11.7 Å². The van der Waals surface area contributed by atoms with Gasteiger partial charge in [0.25, 0.3) is 6.43 Å². The van der Waals surface area contributed by atoms with Crippen molar-refractivity contribution in [3.63, 3.8) is 0 Å². The van der Waals surface area contributed by atoms with Gasteiger partial charge in [-0.05, 0) is 6.92 Å². The van der Waals surface area contributed by atoms with Gasteiger partial charge in [0, 0.05) is 6.20 Å². The second-order valence-electron chi connectivity index (χ2n) is 3.00. The molecule has 0 radical (unpaired) electrons. The number of ether oxygens (including phenoxy) is 1. The minimum Gasteiger partial charge on any atom is -0.461 e. The first-order valence-corrected chi connectivity index (χ1v) is 4.68. The standard InChI is InChI=1S/C9H7F3N2O4/c1-2-18-9(15)6-5(10)7(14(16)17)4(3-13-6)8(11)12/h3,8H,2H2,1H3. The lowest BCUT2D eigenvalue weighted by atomic mass is 10.2. The minimum atomic E-state index is -3.27. The summed E-state index contributed by atoms with van der Waals surface area (Å²) in [6.07, 6.45) is -2.89. The van der Waals surface area contributed by atoms with Crippen LogP contribution < -0.4 is 0 Å². The third-order valence-corrected chi connectivity index (χ3v) is 1.91. The Balaban J connectivity index is 3.39. The molecule has 0 unspecified atom stereocenters. The first-order chi connectivity index (χ1) is 8.40. The Labute approximate surface area is 98.5 Å². The molecule has 0 amide bonds. The molecular weight excluding hydrogens is 257 g/mol. The van der Waals surface area contributed by atoms with Gasteiger partial charge in [-0.3, -0.25) is 10.1 Å². The second kappa shape index (κ2) is 5.43. The van der Waals surface area contributed by atoms with Crippen LogP contribution in [0, 0.1) is 15.9 Å². The molecule has 1 aromatic rings. The smallest absolute Gasteiger partial charge is 0.360 e. The monoisotopic (exact) mass is 264 g/mol. The van der Waals surface area contributed by atoms with E-state index in [1.54, 1.807) is 0 Å². The number of carbonyl (C=O) groups excluding carboxylic acids is 1. The number of alkyl halides is 2. The lowest BCUT2D eigenvalue weighted by Gasteiger charge is -2.06. The van der Waals surface area contributed by atoms with E-state index in [1.165, 1.54) is 6.92 Å². The van der Waals surface area contributed by atoms with Gasteiger partial charge in [-0.25, -0.2) is 18.6 Å². The summed E-state index contributed by atoms with van der Waals surface area (Å²) in [5, 5.41) is 10.5. The summed E-state index contributed by atoms with van der Waals surface area (Å²) in [6.45, 7) is 1.32. The predicted octanol–water partition coefficient (Wildman–Crippen LogP) is 2.24. The van der Waals surface area contributed by atoms with Gasteiger partial charge in [0.2, 0.25) is 5.82 Å². The molecule has 6 nitrogen and oxygen atoms in total. The Hall–Kier alpha value is -2.19. The molecule has 0 bridgehead atoms. The van der Waals surface area contributed by atoms with Gasteiger partial charge in [0.05, 0.1) is 11.5 Å². The highest BCUT2D eigenvalue weighted by atomic mass is 19.3. The molecule has 0 N–H and O–H groups in total. The molecule has 0 spiro atoms. The predicted molar refractivity (Wildman–Crippen MR) is 51.8 cm³/mol. The third kappa shape index (κ3) is 2.55. The zero-order valence-electron chi connectivity index (χ0n) is 9.02. The van der Waals surface area contributed by atoms with E-state index in [9.17, 15) is 28.1 Å². The number of carbonyl (C=O) groups is 1. The number of nitrogens with zero attached hydrogens (tertiary/aromatic N) is 2. The Morgan fingerprint density at radius 1 is 1.61 bits per heavy atom. The zero-order chi connectivity index (χ0) is 13.9. The Morgan fingerprint density at radius 2 is 2.22 bits per heavy atom. The first-order valence-electron chi connectivity index (χ1n) is 4.68. The van der Waals surface area contributed by atoms with E-state index in [-0.39, 0.29) is 6.61 Å². The van der Waals surface area contributed by atoms with Crippen LogP contribution in [0.5, 0.6) is 0 Å². The summed E-state index contributed by atoms with van der Waals surface area (Å²) in [5.74, 6) is -2.98. The van der Waals surface area contributed by atoms with Gasteiger partial charge >= 0.3 is 11.7 Å². The topological polar surface area (TPSA) is 82.3 Å². The number of rotatable bonds is 4. The highest BCUT2D eigenvalue weighted by Crippen LogP contribution is 2.31. The molecule has 0 aliphatic carbocycles. The van der Waals surface area contributed by atoms with Crippen molar-refractivity contribution in [1.82, 2.24) is 4.98 Å². The molecule has 0 atom stereocenters. The van der Waals surface area contributed by atoms with Crippen LogP contribution in [-0.2, 0) is 4.74 Å². The largest absolute Gasteiger partial charge is 0.461 e. The van der Waals surface area contributed by atoms with Crippen LogP contribution in [0.4, 0.5) is 18.9 Å². The van der Waals surface area contributed by atoms with Crippen molar-refractivity contribution in [3.05, 3.63) is 33.4 Å². The van der Waals surface area contributed by atoms with Crippen LogP contribution in [0.15, 0.2) is 6.20 Å². The number of esters is 1. The SMILES string of the molecule is CCOC(=O)c1ncc(C(F)F)c([N+](=O)[O-])c1F. The summed E-state index contributed by atoms with van der Waals surface area (Å²) in [5.41, 5.74) is -3.65. The van der Waals surface area contributed by atoms with E-state index in [1.807, 2.05) is 0 Å². The normalized spacial score (nSPS) is 10.5. The fraction of sp³-hybridized carbons (Fsp3) is 0.333. The van der Waals surface area contributed by atoms with Crippen molar-refractivity contribution in [3.8, 4) is 0 Å². The summed E-state index contributed by atoms with van der Waals surface area (Å²) < 4.78 is 42.8. The molecule has 0 saturated carbocycles. The number of hydrogen-bond acceptors (Lipinski definition) is 5. The van der Waals surface area contributed by atoms with Gasteiger partial charge < -0.3 is 4.74 Å². The van der Waals surface area contributed by atoms with Gasteiger partial charge in [-0.2, -0.15) is 4.39 Å². The third-order valence-electron chi connectivity index (χ3n) is 1.91. The van der Waals surface area contributed by atoms with Crippen molar-refractivity contribution in [2.45, 2.75) is 13.3 Å². The number of nitro groups is 1. The molecule has 1 heterocycles. The molecule has 1 rings (SSSR count). The highest BCUT2D eigenvalue weighted by molar-refractivity contribution is 5.88. The first kappa shape index (κ1) is 13.9. The highest BCUT2D eigenvalue weighted by Gasteiger charge is 2.32. The van der Waals surface area contributed by atoms with E-state index in [2.05, 4.69) is 9.72 Å². The molecule has 1 aromatic heterocycles. The summed E-state index contributed by atoms with van der Waals surface area (Å²) >= 11 is 0. The summed E-state index contributed by atoms with van der Waals surface area (Å²) in [7, 11) is 0. The van der Waals surface area contributed by atoms with Crippen molar-refractivity contribution in [2.75, 3.05) is 6.61 Å². The fourth-order valence-electron chi connectivity index (χ4n) is 1.18. The molecule has 98 valence electrons. The molecular formula is C9H7F3N2O4. The number of aromatic nitrogens is 1. The lowest BCUT2D eigenvalue weighted by molar-refractivity contribution is -0.389. The fourth-order valence-corrected chi connectivity index (χ4v) is 1.18. The van der Waals surface area contributed by atoms with E-state index in [4.69, 9.17) is 0 Å². The Kier molecular flexibility index (Phi) is 4.18. The Bertz CT molecular complexity index is 493. The lowest BCUT2D eigenvalue weighted by Crippen LogP contribution is -2.13. The Morgan fingerprint density at radius 3 is 2.67 bits per heavy atom. The van der Waals surface area contributed by atoms with Crippen LogP contribution in [0.25, 0.3) is 0 Å². The van der Waals surface area contributed by atoms with Crippen molar-refractivity contribution in [2.24, 2.45) is 0 Å². The maximum atomic E-state index is 13.6. The number of pyridine rings is 1. The number of halogens is 3. The van der Waals surface area contributed by atoms with E-state index >= 15 is 0 Å². The maximum absolute atomic E-state index is 13.6. The van der Waals surface area contributed by atoms with Gasteiger partial charge in [0.15, 0.2) is 5.69 Å². The van der Waals surface area contributed by atoms with E-state index < -0.39 is 40.1 Å². The van der Waals surface area contributed by atoms with Crippen LogP contribution in [0.2, 0.25) is 0 Å².